The fraction of sp³-hybridized carbons (Fsp3) is 0.667. The van der Waals surface area contributed by atoms with Crippen LogP contribution in [0.4, 0.5) is 0 Å². The lowest BCUT2D eigenvalue weighted by Crippen LogP contribution is -2.31. The second kappa shape index (κ2) is 5.60. The van der Waals surface area contributed by atoms with Gasteiger partial charge in [-0.2, -0.15) is 0 Å². The first-order valence-corrected chi connectivity index (χ1v) is 6.47. The highest BCUT2D eigenvalue weighted by Crippen LogP contribution is 2.29. The standard InChI is InChI=1S/C12H19NO3S/c1-6-16-11(14)12(3,4)9-7-17-10(13-9)8(2)15-5/h7-8H,6H2,1-5H3. The highest BCUT2D eigenvalue weighted by atomic mass is 32.1. The number of aromatic nitrogens is 1. The van der Waals surface area contributed by atoms with Gasteiger partial charge in [0.05, 0.1) is 12.3 Å². The van der Waals surface area contributed by atoms with Gasteiger partial charge in [0.15, 0.2) is 0 Å². The van der Waals surface area contributed by atoms with Crippen LogP contribution in [-0.4, -0.2) is 24.7 Å². The molecule has 0 aliphatic heterocycles. The lowest BCUT2D eigenvalue weighted by Gasteiger charge is -2.19. The van der Waals surface area contributed by atoms with Crippen molar-refractivity contribution >= 4 is 17.3 Å². The van der Waals surface area contributed by atoms with Gasteiger partial charge in [0.2, 0.25) is 0 Å². The number of carbonyl (C=O) groups excluding carboxylic acids is 1. The molecule has 5 heteroatoms. The minimum Gasteiger partial charge on any atom is -0.465 e. The number of ether oxygens (including phenoxy) is 2. The highest BCUT2D eigenvalue weighted by Gasteiger charge is 2.34. The van der Waals surface area contributed by atoms with Gasteiger partial charge < -0.3 is 9.47 Å². The second-order valence-electron chi connectivity index (χ2n) is 4.29. The summed E-state index contributed by atoms with van der Waals surface area (Å²) in [6.07, 6.45) is -0.0493. The summed E-state index contributed by atoms with van der Waals surface area (Å²) in [7, 11) is 1.64. The Labute approximate surface area is 106 Å². The molecule has 0 aliphatic rings. The highest BCUT2D eigenvalue weighted by molar-refractivity contribution is 7.09. The Morgan fingerprint density at radius 2 is 2.24 bits per heavy atom. The number of hydrogen-bond donors (Lipinski definition) is 0. The second-order valence-corrected chi connectivity index (χ2v) is 5.18. The third-order valence-corrected chi connectivity index (χ3v) is 3.66. The van der Waals surface area contributed by atoms with Crippen molar-refractivity contribution in [2.75, 3.05) is 13.7 Å². The third-order valence-electron chi connectivity index (χ3n) is 2.65. The predicted octanol–water partition coefficient (Wildman–Crippen LogP) is 2.69. The van der Waals surface area contributed by atoms with E-state index < -0.39 is 5.41 Å². The quantitative estimate of drug-likeness (QED) is 0.761. The summed E-state index contributed by atoms with van der Waals surface area (Å²) >= 11 is 1.50. The largest absolute Gasteiger partial charge is 0.465 e. The van der Waals surface area contributed by atoms with E-state index in [0.29, 0.717) is 6.61 Å². The van der Waals surface area contributed by atoms with Crippen molar-refractivity contribution in [2.45, 2.75) is 39.2 Å². The van der Waals surface area contributed by atoms with Crippen molar-refractivity contribution in [3.8, 4) is 0 Å². The van der Waals surface area contributed by atoms with Crippen LogP contribution in [0.3, 0.4) is 0 Å². The molecule has 0 amide bonds. The van der Waals surface area contributed by atoms with Crippen molar-refractivity contribution in [3.63, 3.8) is 0 Å². The maximum Gasteiger partial charge on any atom is 0.317 e. The van der Waals surface area contributed by atoms with Gasteiger partial charge in [-0.3, -0.25) is 4.79 Å². The van der Waals surface area contributed by atoms with Crippen molar-refractivity contribution in [1.82, 2.24) is 4.98 Å². The molecule has 0 aromatic carbocycles. The first kappa shape index (κ1) is 14.1. The summed E-state index contributed by atoms with van der Waals surface area (Å²) in [5, 5.41) is 2.77. The molecule has 0 bridgehead atoms. The van der Waals surface area contributed by atoms with Gasteiger partial charge in [0.25, 0.3) is 0 Å². The normalized spacial score (nSPS) is 13.5. The van der Waals surface area contributed by atoms with E-state index in [0.717, 1.165) is 10.7 Å². The molecular weight excluding hydrogens is 238 g/mol. The molecule has 1 aromatic rings. The van der Waals surface area contributed by atoms with Crippen LogP contribution < -0.4 is 0 Å². The summed E-state index contributed by atoms with van der Waals surface area (Å²) in [5.41, 5.74) is 0.0259. The van der Waals surface area contributed by atoms with E-state index in [-0.39, 0.29) is 12.1 Å². The van der Waals surface area contributed by atoms with E-state index in [4.69, 9.17) is 9.47 Å². The Hall–Kier alpha value is -0.940. The molecule has 1 unspecified atom stereocenters. The molecule has 0 N–H and O–H groups in total. The topological polar surface area (TPSA) is 48.4 Å². The molecule has 0 saturated heterocycles. The van der Waals surface area contributed by atoms with Gasteiger partial charge >= 0.3 is 5.97 Å². The zero-order valence-corrected chi connectivity index (χ0v) is 11.8. The average molecular weight is 257 g/mol. The summed E-state index contributed by atoms with van der Waals surface area (Å²) < 4.78 is 10.3. The fourth-order valence-corrected chi connectivity index (χ4v) is 2.30. The average Bonchev–Trinajstić information content (AvgIpc) is 2.78. The van der Waals surface area contributed by atoms with Crippen LogP contribution in [0.15, 0.2) is 5.38 Å². The molecule has 1 rings (SSSR count). The number of carbonyl (C=O) groups is 1. The summed E-state index contributed by atoms with van der Waals surface area (Å²) in [4.78, 5) is 16.3. The van der Waals surface area contributed by atoms with E-state index >= 15 is 0 Å². The van der Waals surface area contributed by atoms with Crippen LogP contribution in [0, 0.1) is 0 Å². The molecular formula is C12H19NO3S. The molecule has 1 aromatic heterocycles. The molecule has 1 atom stereocenters. The number of hydrogen-bond acceptors (Lipinski definition) is 5. The summed E-state index contributed by atoms with van der Waals surface area (Å²) in [6.45, 7) is 7.75. The molecule has 17 heavy (non-hydrogen) atoms. The van der Waals surface area contributed by atoms with Gasteiger partial charge in [-0.25, -0.2) is 4.98 Å². The summed E-state index contributed by atoms with van der Waals surface area (Å²) in [6, 6.07) is 0. The first-order valence-electron chi connectivity index (χ1n) is 5.59. The molecule has 0 saturated carbocycles. The van der Waals surface area contributed by atoms with Gasteiger partial charge in [0.1, 0.15) is 16.5 Å². The molecule has 0 aliphatic carbocycles. The van der Waals surface area contributed by atoms with Crippen molar-refractivity contribution in [3.05, 3.63) is 16.1 Å². The zero-order valence-electron chi connectivity index (χ0n) is 10.9. The maximum absolute atomic E-state index is 11.8. The Kier molecular flexibility index (Phi) is 4.65. The van der Waals surface area contributed by atoms with E-state index in [2.05, 4.69) is 4.98 Å². The molecule has 0 spiro atoms. The van der Waals surface area contributed by atoms with Crippen LogP contribution in [-0.2, 0) is 19.7 Å². The predicted molar refractivity (Wildman–Crippen MR) is 67.2 cm³/mol. The number of thiazole rings is 1. The monoisotopic (exact) mass is 257 g/mol. The summed E-state index contributed by atoms with van der Waals surface area (Å²) in [5.74, 6) is -0.248. The Morgan fingerprint density at radius 1 is 1.59 bits per heavy atom. The van der Waals surface area contributed by atoms with E-state index in [1.54, 1.807) is 14.0 Å². The molecule has 96 valence electrons. The fourth-order valence-electron chi connectivity index (χ4n) is 1.28. The van der Waals surface area contributed by atoms with Gasteiger partial charge in [-0.05, 0) is 27.7 Å². The molecule has 0 fully saturated rings. The molecule has 1 heterocycles. The Bertz CT molecular complexity index is 387. The number of methoxy groups -OCH3 is 1. The zero-order chi connectivity index (χ0) is 13.1. The number of esters is 1. The maximum atomic E-state index is 11.8. The minimum absolute atomic E-state index is 0.0493. The van der Waals surface area contributed by atoms with Gasteiger partial charge in [-0.1, -0.05) is 0 Å². The lowest BCUT2D eigenvalue weighted by atomic mass is 9.90. The van der Waals surface area contributed by atoms with Crippen LogP contribution in [0.2, 0.25) is 0 Å². The smallest absolute Gasteiger partial charge is 0.317 e. The lowest BCUT2D eigenvalue weighted by molar-refractivity contribution is -0.148. The Balaban J connectivity index is 2.92. The van der Waals surface area contributed by atoms with E-state index in [1.807, 2.05) is 26.2 Å². The van der Waals surface area contributed by atoms with Crippen molar-refractivity contribution < 1.29 is 14.3 Å². The van der Waals surface area contributed by atoms with E-state index in [9.17, 15) is 4.79 Å². The minimum atomic E-state index is -0.710. The van der Waals surface area contributed by atoms with Crippen LogP contribution in [0.25, 0.3) is 0 Å². The Morgan fingerprint density at radius 3 is 2.76 bits per heavy atom. The molecule has 4 nitrogen and oxygen atoms in total. The SMILES string of the molecule is CCOC(=O)C(C)(C)c1csc(C(C)OC)n1. The van der Waals surface area contributed by atoms with Crippen molar-refractivity contribution in [1.29, 1.82) is 0 Å². The number of rotatable bonds is 5. The van der Waals surface area contributed by atoms with Crippen molar-refractivity contribution in [2.24, 2.45) is 0 Å². The van der Waals surface area contributed by atoms with Crippen LogP contribution in [0.1, 0.15) is 44.5 Å². The van der Waals surface area contributed by atoms with Gasteiger partial charge in [0, 0.05) is 12.5 Å². The number of nitrogens with zero attached hydrogens (tertiary/aromatic N) is 1. The van der Waals surface area contributed by atoms with E-state index in [1.165, 1.54) is 11.3 Å². The third kappa shape index (κ3) is 3.04. The molecule has 0 radical (unpaired) electrons. The van der Waals surface area contributed by atoms with Gasteiger partial charge in [-0.15, -0.1) is 11.3 Å². The van der Waals surface area contributed by atoms with Crippen LogP contribution in [0.5, 0.6) is 0 Å². The van der Waals surface area contributed by atoms with Crippen LogP contribution >= 0.6 is 11.3 Å². The first-order chi connectivity index (χ1) is 7.93.